The molecule has 4 nitrogen and oxygen atoms in total. The lowest BCUT2D eigenvalue weighted by Crippen LogP contribution is -2.13. The standard InChI is InChI=1S/C15H21N3OS/c1-10(2)8-12-4-6-13(7-5-12)14(16)9-20-15-18-17-11(3)19-15/h4-7,10,14H,8-9,16H2,1-3H3. The normalized spacial score (nSPS) is 12.8. The monoisotopic (exact) mass is 291 g/mol. The molecule has 0 amide bonds. The van der Waals surface area contributed by atoms with E-state index < -0.39 is 0 Å². The van der Waals surface area contributed by atoms with Gasteiger partial charge in [-0.3, -0.25) is 0 Å². The van der Waals surface area contributed by atoms with Gasteiger partial charge in [0.25, 0.3) is 5.22 Å². The molecular weight excluding hydrogens is 270 g/mol. The predicted octanol–water partition coefficient (Wildman–Crippen LogP) is 3.37. The van der Waals surface area contributed by atoms with Gasteiger partial charge in [0.05, 0.1) is 0 Å². The van der Waals surface area contributed by atoms with Gasteiger partial charge in [-0.25, -0.2) is 0 Å². The molecule has 0 saturated carbocycles. The van der Waals surface area contributed by atoms with Crippen LogP contribution in [0.3, 0.4) is 0 Å². The van der Waals surface area contributed by atoms with Gasteiger partial charge in [0.1, 0.15) is 0 Å². The lowest BCUT2D eigenvalue weighted by atomic mass is 10.0. The number of thioether (sulfide) groups is 1. The van der Waals surface area contributed by atoms with Crippen molar-refractivity contribution in [3.05, 3.63) is 41.3 Å². The van der Waals surface area contributed by atoms with Crippen LogP contribution < -0.4 is 5.73 Å². The number of aromatic nitrogens is 2. The molecule has 0 radical (unpaired) electrons. The maximum atomic E-state index is 6.19. The molecule has 0 aliphatic heterocycles. The molecule has 0 bridgehead atoms. The Morgan fingerprint density at radius 3 is 2.45 bits per heavy atom. The average molecular weight is 291 g/mol. The molecule has 5 heteroatoms. The maximum absolute atomic E-state index is 6.19. The number of nitrogens with zero attached hydrogens (tertiary/aromatic N) is 2. The summed E-state index contributed by atoms with van der Waals surface area (Å²) in [7, 11) is 0. The first-order valence-corrected chi connectivity index (χ1v) is 7.80. The van der Waals surface area contributed by atoms with Crippen molar-refractivity contribution < 1.29 is 4.42 Å². The van der Waals surface area contributed by atoms with Crippen LogP contribution in [-0.2, 0) is 6.42 Å². The van der Waals surface area contributed by atoms with Crippen molar-refractivity contribution in [1.82, 2.24) is 10.2 Å². The summed E-state index contributed by atoms with van der Waals surface area (Å²) in [6.07, 6.45) is 1.10. The lowest BCUT2D eigenvalue weighted by molar-refractivity contribution is 0.429. The summed E-state index contributed by atoms with van der Waals surface area (Å²) in [4.78, 5) is 0. The van der Waals surface area contributed by atoms with E-state index in [4.69, 9.17) is 10.2 Å². The van der Waals surface area contributed by atoms with Crippen LogP contribution in [0.5, 0.6) is 0 Å². The summed E-state index contributed by atoms with van der Waals surface area (Å²) >= 11 is 1.49. The molecule has 1 unspecified atom stereocenters. The molecule has 2 N–H and O–H groups in total. The highest BCUT2D eigenvalue weighted by molar-refractivity contribution is 7.99. The summed E-state index contributed by atoms with van der Waals surface area (Å²) in [5.74, 6) is 1.98. The van der Waals surface area contributed by atoms with E-state index >= 15 is 0 Å². The number of hydrogen-bond donors (Lipinski definition) is 1. The third-order valence-corrected chi connectivity index (χ3v) is 3.88. The van der Waals surface area contributed by atoms with Gasteiger partial charge in [-0.2, -0.15) is 0 Å². The number of rotatable bonds is 6. The van der Waals surface area contributed by atoms with Gasteiger partial charge in [-0.1, -0.05) is 49.9 Å². The van der Waals surface area contributed by atoms with Gasteiger partial charge in [0.2, 0.25) is 5.89 Å². The zero-order valence-corrected chi connectivity index (χ0v) is 13.0. The van der Waals surface area contributed by atoms with Crippen molar-refractivity contribution in [3.8, 4) is 0 Å². The van der Waals surface area contributed by atoms with Crippen LogP contribution in [0.4, 0.5) is 0 Å². The Morgan fingerprint density at radius 1 is 1.20 bits per heavy atom. The van der Waals surface area contributed by atoms with Crippen LogP contribution in [0.1, 0.15) is 36.9 Å². The molecular formula is C15H21N3OS. The molecule has 1 aromatic heterocycles. The van der Waals surface area contributed by atoms with Crippen molar-refractivity contribution in [2.24, 2.45) is 11.7 Å². The fourth-order valence-corrected chi connectivity index (χ4v) is 2.76. The molecule has 0 spiro atoms. The molecule has 0 aliphatic rings. The minimum absolute atomic E-state index is 0.0275. The van der Waals surface area contributed by atoms with E-state index in [0.29, 0.717) is 17.0 Å². The number of nitrogens with two attached hydrogens (primary N) is 1. The van der Waals surface area contributed by atoms with E-state index in [-0.39, 0.29) is 6.04 Å². The molecule has 0 aliphatic carbocycles. The summed E-state index contributed by atoms with van der Waals surface area (Å²) < 4.78 is 5.32. The Kier molecular flexibility index (Phi) is 5.20. The van der Waals surface area contributed by atoms with Crippen LogP contribution in [0.25, 0.3) is 0 Å². The van der Waals surface area contributed by atoms with E-state index in [0.717, 1.165) is 17.7 Å². The Hall–Kier alpha value is -1.33. The summed E-state index contributed by atoms with van der Waals surface area (Å²) in [5.41, 5.74) is 8.69. The van der Waals surface area contributed by atoms with Crippen LogP contribution in [0.2, 0.25) is 0 Å². The molecule has 2 aromatic rings. The van der Waals surface area contributed by atoms with Crippen molar-refractivity contribution in [2.45, 2.75) is 38.5 Å². The highest BCUT2D eigenvalue weighted by atomic mass is 32.2. The third kappa shape index (κ3) is 4.35. The van der Waals surface area contributed by atoms with Gasteiger partial charge in [-0.15, -0.1) is 10.2 Å². The summed E-state index contributed by atoms with van der Waals surface area (Å²) in [6, 6.07) is 8.53. The first kappa shape index (κ1) is 15.1. The maximum Gasteiger partial charge on any atom is 0.276 e. The number of hydrogen-bond acceptors (Lipinski definition) is 5. The Balaban J connectivity index is 1.90. The molecule has 1 aromatic carbocycles. The van der Waals surface area contributed by atoms with Crippen molar-refractivity contribution in [3.63, 3.8) is 0 Å². The van der Waals surface area contributed by atoms with Crippen LogP contribution in [0, 0.1) is 12.8 Å². The number of aryl methyl sites for hydroxylation is 1. The van der Waals surface area contributed by atoms with E-state index in [1.807, 2.05) is 0 Å². The van der Waals surface area contributed by atoms with Gasteiger partial charge >= 0.3 is 0 Å². The van der Waals surface area contributed by atoms with E-state index in [1.54, 1.807) is 6.92 Å². The van der Waals surface area contributed by atoms with Gasteiger partial charge in [0, 0.05) is 18.7 Å². The molecule has 2 rings (SSSR count). The Bertz CT molecular complexity index is 536. The second-order valence-electron chi connectivity index (χ2n) is 5.34. The van der Waals surface area contributed by atoms with Crippen LogP contribution in [0.15, 0.2) is 33.9 Å². The van der Waals surface area contributed by atoms with Gasteiger partial charge in [-0.05, 0) is 23.5 Å². The zero-order chi connectivity index (χ0) is 14.5. The van der Waals surface area contributed by atoms with Crippen molar-refractivity contribution in [1.29, 1.82) is 0 Å². The molecule has 0 fully saturated rings. The highest BCUT2D eigenvalue weighted by Gasteiger charge is 2.10. The van der Waals surface area contributed by atoms with Crippen LogP contribution >= 0.6 is 11.8 Å². The SMILES string of the molecule is Cc1nnc(SCC(N)c2ccc(CC(C)C)cc2)o1. The van der Waals surface area contributed by atoms with Crippen molar-refractivity contribution in [2.75, 3.05) is 5.75 Å². The first-order valence-electron chi connectivity index (χ1n) is 6.82. The van der Waals surface area contributed by atoms with Crippen LogP contribution in [-0.4, -0.2) is 16.0 Å². The van der Waals surface area contributed by atoms with E-state index in [2.05, 4.69) is 48.3 Å². The summed E-state index contributed by atoms with van der Waals surface area (Å²) in [6.45, 7) is 6.23. The average Bonchev–Trinajstić information content (AvgIpc) is 2.82. The minimum Gasteiger partial charge on any atom is -0.416 e. The fourth-order valence-electron chi connectivity index (χ4n) is 1.97. The summed E-state index contributed by atoms with van der Waals surface area (Å²) in [5, 5.41) is 8.33. The molecule has 20 heavy (non-hydrogen) atoms. The predicted molar refractivity (Wildman–Crippen MR) is 81.7 cm³/mol. The first-order chi connectivity index (χ1) is 9.54. The van der Waals surface area contributed by atoms with Crippen molar-refractivity contribution >= 4 is 11.8 Å². The fraction of sp³-hybridized carbons (Fsp3) is 0.467. The van der Waals surface area contributed by atoms with E-state index in [1.165, 1.54) is 17.3 Å². The van der Waals surface area contributed by atoms with Gasteiger partial charge in [0.15, 0.2) is 0 Å². The number of benzene rings is 1. The molecule has 108 valence electrons. The second kappa shape index (κ2) is 6.90. The lowest BCUT2D eigenvalue weighted by Gasteiger charge is -2.12. The Morgan fingerprint density at radius 2 is 1.90 bits per heavy atom. The smallest absolute Gasteiger partial charge is 0.276 e. The quantitative estimate of drug-likeness (QED) is 0.827. The molecule has 1 atom stereocenters. The highest BCUT2D eigenvalue weighted by Crippen LogP contribution is 2.22. The minimum atomic E-state index is -0.0275. The molecule has 0 saturated heterocycles. The largest absolute Gasteiger partial charge is 0.416 e. The molecule has 1 heterocycles. The van der Waals surface area contributed by atoms with E-state index in [9.17, 15) is 0 Å². The Labute approximate surface area is 124 Å². The third-order valence-electron chi connectivity index (χ3n) is 2.95. The zero-order valence-electron chi connectivity index (χ0n) is 12.2. The second-order valence-corrected chi connectivity index (χ2v) is 6.32. The topological polar surface area (TPSA) is 64.9 Å². The van der Waals surface area contributed by atoms with Gasteiger partial charge < -0.3 is 10.2 Å².